The number of hydrogen-bond acceptors (Lipinski definition) is 7. The number of aryl methyl sites for hydroxylation is 1. The van der Waals surface area contributed by atoms with E-state index in [1.54, 1.807) is 13.0 Å². The summed E-state index contributed by atoms with van der Waals surface area (Å²) in [4.78, 5) is 8.92. The van der Waals surface area contributed by atoms with Crippen LogP contribution in [0, 0.1) is 18.3 Å². The van der Waals surface area contributed by atoms with Crippen LogP contribution >= 0.6 is 0 Å². The summed E-state index contributed by atoms with van der Waals surface area (Å²) < 4.78 is 10.8. The second-order valence-electron chi connectivity index (χ2n) is 6.34. The van der Waals surface area contributed by atoms with Crippen molar-refractivity contribution < 1.29 is 9.26 Å². The first-order chi connectivity index (χ1) is 12.2. The Kier molecular flexibility index (Phi) is 5.64. The lowest BCUT2D eigenvalue weighted by atomic mass is 10.2. The second-order valence-corrected chi connectivity index (χ2v) is 6.34. The lowest BCUT2D eigenvalue weighted by Crippen LogP contribution is -2.35. The summed E-state index contributed by atoms with van der Waals surface area (Å²) in [6.07, 6.45) is 1.11. The number of ether oxygens (including phenoxy) is 1. The zero-order chi connectivity index (χ0) is 17.6. The smallest absolute Gasteiger partial charge is 0.223 e. The van der Waals surface area contributed by atoms with Crippen molar-refractivity contribution in [3.8, 4) is 11.8 Å². The van der Waals surface area contributed by atoms with Gasteiger partial charge < -0.3 is 9.26 Å². The summed E-state index contributed by atoms with van der Waals surface area (Å²) in [6.45, 7) is 5.98. The van der Waals surface area contributed by atoms with Gasteiger partial charge in [0.05, 0.1) is 12.1 Å². The normalized spacial score (nSPS) is 17.8. The maximum absolute atomic E-state index is 9.08. The number of likely N-dealkylation sites (N-methyl/N-ethyl adjacent to an activating group) is 1. The molecule has 0 amide bonds. The Labute approximate surface area is 147 Å². The van der Waals surface area contributed by atoms with Crippen molar-refractivity contribution in [2.45, 2.75) is 25.9 Å². The largest absolute Gasteiger partial charge is 0.491 e. The molecule has 3 rings (SSSR count). The molecule has 0 unspecified atom stereocenters. The van der Waals surface area contributed by atoms with Gasteiger partial charge in [0.15, 0.2) is 5.82 Å². The molecule has 7 heteroatoms. The quantitative estimate of drug-likeness (QED) is 0.760. The van der Waals surface area contributed by atoms with Crippen LogP contribution in [0.25, 0.3) is 0 Å². The number of likely N-dealkylation sites (tertiary alicyclic amines) is 1. The molecule has 25 heavy (non-hydrogen) atoms. The van der Waals surface area contributed by atoms with Crippen LogP contribution in [0.4, 0.5) is 0 Å². The number of hydrogen-bond donors (Lipinski definition) is 0. The van der Waals surface area contributed by atoms with Crippen molar-refractivity contribution in [3.05, 3.63) is 41.5 Å². The molecule has 1 aliphatic rings. The number of nitriles is 1. The molecule has 132 valence electrons. The molecule has 1 atom stereocenters. The minimum Gasteiger partial charge on any atom is -0.491 e. The van der Waals surface area contributed by atoms with Crippen molar-refractivity contribution >= 4 is 0 Å². The lowest BCUT2D eigenvalue weighted by molar-refractivity contribution is 0.200. The van der Waals surface area contributed by atoms with Crippen LogP contribution < -0.4 is 4.74 Å². The number of rotatable bonds is 7. The predicted molar refractivity (Wildman–Crippen MR) is 92.0 cm³/mol. The third-order valence-corrected chi connectivity index (χ3v) is 4.50. The first-order valence-electron chi connectivity index (χ1n) is 8.49. The van der Waals surface area contributed by atoms with Gasteiger partial charge in [-0.3, -0.25) is 9.80 Å². The Balaban J connectivity index is 1.43. The molecule has 0 radical (unpaired) electrons. The van der Waals surface area contributed by atoms with E-state index in [1.165, 1.54) is 0 Å². The third-order valence-electron chi connectivity index (χ3n) is 4.50. The second kappa shape index (κ2) is 8.10. The van der Waals surface area contributed by atoms with Gasteiger partial charge in [-0.2, -0.15) is 10.2 Å². The number of nitrogens with zero attached hydrogens (tertiary/aromatic N) is 5. The molecule has 0 spiro atoms. The van der Waals surface area contributed by atoms with E-state index >= 15 is 0 Å². The van der Waals surface area contributed by atoms with Gasteiger partial charge in [-0.1, -0.05) is 17.3 Å². The molecule has 0 aliphatic carbocycles. The fraction of sp³-hybridized carbons (Fsp3) is 0.500. The average molecular weight is 341 g/mol. The summed E-state index contributed by atoms with van der Waals surface area (Å²) >= 11 is 0. The van der Waals surface area contributed by atoms with Crippen LogP contribution in [0.15, 0.2) is 28.8 Å². The molecule has 1 saturated heterocycles. The minimum atomic E-state index is 0.477. The van der Waals surface area contributed by atoms with E-state index in [4.69, 9.17) is 14.5 Å². The van der Waals surface area contributed by atoms with Crippen molar-refractivity contribution in [2.24, 2.45) is 0 Å². The van der Waals surface area contributed by atoms with Gasteiger partial charge in [-0.25, -0.2) is 0 Å². The zero-order valence-electron chi connectivity index (χ0n) is 14.7. The Bertz CT molecular complexity index is 739. The SMILES string of the molecule is Cc1nc(CN(C)[C@@H]2CCN(CCOc3ccccc3C#N)C2)no1. The standard InChI is InChI=1S/C18H23N5O2/c1-14-20-18(21-25-14)13-22(2)16-7-8-23(12-16)9-10-24-17-6-4-3-5-15(17)11-19/h3-6,16H,7-10,12-13H2,1-2H3/t16-/m1/s1. The molecule has 1 aromatic heterocycles. The van der Waals surface area contributed by atoms with Crippen LogP contribution in [0.1, 0.15) is 23.7 Å². The van der Waals surface area contributed by atoms with Crippen LogP contribution in [0.2, 0.25) is 0 Å². The van der Waals surface area contributed by atoms with Crippen molar-refractivity contribution in [1.82, 2.24) is 19.9 Å². The van der Waals surface area contributed by atoms with Crippen molar-refractivity contribution in [1.29, 1.82) is 5.26 Å². The summed E-state index contributed by atoms with van der Waals surface area (Å²) in [6, 6.07) is 9.98. The predicted octanol–water partition coefficient (Wildman–Crippen LogP) is 1.83. The number of aromatic nitrogens is 2. The zero-order valence-corrected chi connectivity index (χ0v) is 14.7. The highest BCUT2D eigenvalue weighted by Crippen LogP contribution is 2.18. The Morgan fingerprint density at radius 3 is 3.04 bits per heavy atom. The first kappa shape index (κ1) is 17.4. The highest BCUT2D eigenvalue weighted by Gasteiger charge is 2.26. The van der Waals surface area contributed by atoms with Crippen LogP contribution in [-0.4, -0.2) is 59.3 Å². The highest BCUT2D eigenvalue weighted by atomic mass is 16.5. The van der Waals surface area contributed by atoms with Gasteiger partial charge in [0.1, 0.15) is 18.4 Å². The summed E-state index contributed by atoms with van der Waals surface area (Å²) in [5.41, 5.74) is 0.580. The molecule has 7 nitrogen and oxygen atoms in total. The van der Waals surface area contributed by atoms with Gasteiger partial charge in [-0.05, 0) is 32.1 Å². The number of para-hydroxylation sites is 1. The average Bonchev–Trinajstić information content (AvgIpc) is 3.24. The monoisotopic (exact) mass is 341 g/mol. The third kappa shape index (κ3) is 4.56. The topological polar surface area (TPSA) is 78.4 Å². The molecule has 2 aromatic rings. The number of benzene rings is 1. The van der Waals surface area contributed by atoms with Gasteiger partial charge >= 0.3 is 0 Å². The molecule has 1 fully saturated rings. The van der Waals surface area contributed by atoms with Gasteiger partial charge in [-0.15, -0.1) is 0 Å². The molecule has 0 N–H and O–H groups in total. The van der Waals surface area contributed by atoms with Crippen LogP contribution in [0.5, 0.6) is 5.75 Å². The van der Waals surface area contributed by atoms with E-state index < -0.39 is 0 Å². The van der Waals surface area contributed by atoms with Gasteiger partial charge in [0, 0.05) is 26.1 Å². The molecule has 1 aromatic carbocycles. The highest BCUT2D eigenvalue weighted by molar-refractivity contribution is 5.42. The summed E-state index contributed by atoms with van der Waals surface area (Å²) in [5, 5.41) is 13.0. The maximum atomic E-state index is 9.08. The fourth-order valence-electron chi connectivity index (χ4n) is 3.10. The van der Waals surface area contributed by atoms with E-state index in [0.717, 1.165) is 31.9 Å². The Morgan fingerprint density at radius 1 is 1.44 bits per heavy atom. The molecular weight excluding hydrogens is 318 g/mol. The fourth-order valence-corrected chi connectivity index (χ4v) is 3.10. The lowest BCUT2D eigenvalue weighted by Gasteiger charge is -2.23. The Morgan fingerprint density at radius 2 is 2.28 bits per heavy atom. The molecular formula is C18H23N5O2. The van der Waals surface area contributed by atoms with Crippen LogP contribution in [0.3, 0.4) is 0 Å². The van der Waals surface area contributed by atoms with Crippen LogP contribution in [-0.2, 0) is 6.54 Å². The van der Waals surface area contributed by atoms with Gasteiger partial charge in [0.2, 0.25) is 5.89 Å². The van der Waals surface area contributed by atoms with Gasteiger partial charge in [0.25, 0.3) is 0 Å². The summed E-state index contributed by atoms with van der Waals surface area (Å²) in [5.74, 6) is 1.99. The Hall–Kier alpha value is -2.43. The van der Waals surface area contributed by atoms with E-state index in [2.05, 4.69) is 33.1 Å². The molecule has 1 aliphatic heterocycles. The van der Waals surface area contributed by atoms with E-state index in [0.29, 0.717) is 36.4 Å². The van der Waals surface area contributed by atoms with Crippen molar-refractivity contribution in [2.75, 3.05) is 33.3 Å². The van der Waals surface area contributed by atoms with E-state index in [9.17, 15) is 0 Å². The van der Waals surface area contributed by atoms with Crippen molar-refractivity contribution in [3.63, 3.8) is 0 Å². The van der Waals surface area contributed by atoms with E-state index in [1.807, 2.05) is 18.2 Å². The molecule has 0 bridgehead atoms. The summed E-state index contributed by atoms with van der Waals surface area (Å²) in [7, 11) is 2.10. The molecule has 0 saturated carbocycles. The van der Waals surface area contributed by atoms with E-state index in [-0.39, 0.29) is 0 Å². The minimum absolute atomic E-state index is 0.477. The maximum Gasteiger partial charge on any atom is 0.223 e. The first-order valence-corrected chi connectivity index (χ1v) is 8.49. The molecule has 2 heterocycles.